The van der Waals surface area contributed by atoms with Crippen molar-refractivity contribution < 1.29 is 9.84 Å². The Kier molecular flexibility index (Phi) is 4.06. The van der Waals surface area contributed by atoms with Gasteiger partial charge in [0.2, 0.25) is 5.88 Å². The fourth-order valence-electron chi connectivity index (χ4n) is 0.832. The van der Waals surface area contributed by atoms with Crippen molar-refractivity contribution in [2.45, 2.75) is 33.0 Å². The van der Waals surface area contributed by atoms with Gasteiger partial charge in [0.15, 0.2) is 0 Å². The Bertz CT molecular complexity index is 318. The number of hydrogen-bond donors (Lipinski definition) is 1. The number of hydrogen-bond acceptors (Lipinski definition) is 4. The average Bonchev–Trinajstić information content (AvgIpc) is 2.09. The molecule has 0 saturated carbocycles. The Morgan fingerprint density at radius 1 is 1.50 bits per heavy atom. The normalized spacial score (nSPS) is 14.9. The van der Waals surface area contributed by atoms with Crippen molar-refractivity contribution in [3.63, 3.8) is 0 Å². The van der Waals surface area contributed by atoms with Crippen LogP contribution in [0.15, 0.2) is 6.20 Å². The number of aliphatic hydroxyl groups is 1. The third-order valence-corrected chi connectivity index (χ3v) is 2.37. The fourth-order valence-corrected chi connectivity index (χ4v) is 1.33. The first-order valence-corrected chi connectivity index (χ1v) is 5.42. The second-order valence-corrected chi connectivity index (χ2v) is 4.25. The van der Waals surface area contributed by atoms with E-state index in [0.717, 1.165) is 9.39 Å². The van der Waals surface area contributed by atoms with Gasteiger partial charge in [0.05, 0.1) is 12.3 Å². The van der Waals surface area contributed by atoms with Crippen molar-refractivity contribution in [1.29, 1.82) is 0 Å². The van der Waals surface area contributed by atoms with Crippen LogP contribution in [0.3, 0.4) is 0 Å². The summed E-state index contributed by atoms with van der Waals surface area (Å²) in [5.41, 5.74) is 0.740. The van der Waals surface area contributed by atoms with Crippen LogP contribution in [0.1, 0.15) is 19.5 Å². The second kappa shape index (κ2) is 4.88. The summed E-state index contributed by atoms with van der Waals surface area (Å²) in [5, 5.41) is 9.25. The standard InChI is InChI=1S/C9H13IN2O2/c1-5-9(11-4-8(10)12-5)14-7(3)6(2)13/h4,6-7,13H,1-3H3/t6-,7-/m1/s1. The molecule has 0 unspecified atom stereocenters. The molecule has 0 saturated heterocycles. The van der Waals surface area contributed by atoms with E-state index in [-0.39, 0.29) is 6.10 Å². The zero-order valence-corrected chi connectivity index (χ0v) is 10.5. The molecule has 0 aliphatic heterocycles. The van der Waals surface area contributed by atoms with Gasteiger partial charge in [-0.1, -0.05) is 0 Å². The quantitative estimate of drug-likeness (QED) is 0.861. The van der Waals surface area contributed by atoms with Gasteiger partial charge in [-0.15, -0.1) is 0 Å². The maximum Gasteiger partial charge on any atom is 0.235 e. The topological polar surface area (TPSA) is 55.2 Å². The van der Waals surface area contributed by atoms with Gasteiger partial charge in [-0.2, -0.15) is 0 Å². The van der Waals surface area contributed by atoms with Crippen LogP contribution >= 0.6 is 22.6 Å². The van der Waals surface area contributed by atoms with E-state index in [1.54, 1.807) is 20.0 Å². The Labute approximate surface area is 96.9 Å². The highest BCUT2D eigenvalue weighted by atomic mass is 127. The van der Waals surface area contributed by atoms with Crippen molar-refractivity contribution in [3.8, 4) is 5.88 Å². The van der Waals surface area contributed by atoms with Crippen LogP contribution in [0.25, 0.3) is 0 Å². The Morgan fingerprint density at radius 3 is 2.64 bits per heavy atom. The minimum atomic E-state index is -0.518. The Morgan fingerprint density at radius 2 is 2.14 bits per heavy atom. The average molecular weight is 308 g/mol. The Hall–Kier alpha value is -0.430. The van der Waals surface area contributed by atoms with E-state index in [0.29, 0.717) is 5.88 Å². The minimum absolute atomic E-state index is 0.275. The lowest BCUT2D eigenvalue weighted by molar-refractivity contribution is 0.0566. The minimum Gasteiger partial charge on any atom is -0.471 e. The predicted octanol–water partition coefficient (Wildman–Crippen LogP) is 1.54. The first-order valence-electron chi connectivity index (χ1n) is 4.34. The fraction of sp³-hybridized carbons (Fsp3) is 0.556. The molecule has 1 aromatic rings. The third kappa shape index (κ3) is 3.06. The van der Waals surface area contributed by atoms with Gasteiger partial charge in [0.1, 0.15) is 15.5 Å². The van der Waals surface area contributed by atoms with E-state index in [9.17, 15) is 5.11 Å². The Balaban J connectivity index is 2.77. The van der Waals surface area contributed by atoms with Crippen LogP contribution in [-0.4, -0.2) is 27.3 Å². The highest BCUT2D eigenvalue weighted by Crippen LogP contribution is 2.15. The summed E-state index contributed by atoms with van der Waals surface area (Å²) in [4.78, 5) is 8.30. The molecule has 0 amide bonds. The van der Waals surface area contributed by atoms with Crippen molar-refractivity contribution in [3.05, 3.63) is 15.6 Å². The van der Waals surface area contributed by atoms with Gasteiger partial charge < -0.3 is 9.84 Å². The largest absolute Gasteiger partial charge is 0.471 e. The number of aryl methyl sites for hydroxylation is 1. The molecule has 5 heteroatoms. The van der Waals surface area contributed by atoms with Crippen molar-refractivity contribution in [2.24, 2.45) is 0 Å². The zero-order valence-electron chi connectivity index (χ0n) is 8.36. The maximum atomic E-state index is 9.25. The van der Waals surface area contributed by atoms with Crippen LogP contribution in [0, 0.1) is 10.6 Å². The summed E-state index contributed by atoms with van der Waals surface area (Å²) in [6, 6.07) is 0. The molecule has 1 rings (SSSR count). The van der Waals surface area contributed by atoms with Gasteiger partial charge >= 0.3 is 0 Å². The molecule has 1 N–H and O–H groups in total. The van der Waals surface area contributed by atoms with Crippen LogP contribution in [0.2, 0.25) is 0 Å². The summed E-state index contributed by atoms with van der Waals surface area (Å²) < 4.78 is 6.27. The number of nitrogens with zero attached hydrogens (tertiary/aromatic N) is 2. The van der Waals surface area contributed by atoms with E-state index in [2.05, 4.69) is 32.6 Å². The monoisotopic (exact) mass is 308 g/mol. The summed E-state index contributed by atoms with van der Waals surface area (Å²) in [6.45, 7) is 5.31. The lowest BCUT2D eigenvalue weighted by Gasteiger charge is -2.17. The second-order valence-electron chi connectivity index (χ2n) is 3.15. The van der Waals surface area contributed by atoms with Crippen molar-refractivity contribution in [2.75, 3.05) is 0 Å². The highest BCUT2D eigenvalue weighted by Gasteiger charge is 2.13. The first-order chi connectivity index (χ1) is 6.50. The molecule has 2 atom stereocenters. The maximum absolute atomic E-state index is 9.25. The lowest BCUT2D eigenvalue weighted by Crippen LogP contribution is -2.26. The van der Waals surface area contributed by atoms with Crippen molar-refractivity contribution in [1.82, 2.24) is 9.97 Å². The third-order valence-electron chi connectivity index (χ3n) is 1.85. The van der Waals surface area contributed by atoms with E-state index >= 15 is 0 Å². The van der Waals surface area contributed by atoms with Crippen LogP contribution in [-0.2, 0) is 0 Å². The molecule has 4 nitrogen and oxygen atoms in total. The molecule has 0 aromatic carbocycles. The van der Waals surface area contributed by atoms with E-state index in [1.807, 2.05) is 6.92 Å². The number of aromatic nitrogens is 2. The summed E-state index contributed by atoms with van der Waals surface area (Å²) in [5.74, 6) is 0.485. The SMILES string of the molecule is Cc1nc(I)cnc1O[C@H](C)[C@@H](C)O. The van der Waals surface area contributed by atoms with Gasteiger partial charge in [0.25, 0.3) is 0 Å². The van der Waals surface area contributed by atoms with Gasteiger partial charge in [0, 0.05) is 0 Å². The molecule has 14 heavy (non-hydrogen) atoms. The number of rotatable bonds is 3. The lowest BCUT2D eigenvalue weighted by atomic mass is 10.2. The van der Waals surface area contributed by atoms with Gasteiger partial charge in [-0.25, -0.2) is 9.97 Å². The molecule has 1 heterocycles. The van der Waals surface area contributed by atoms with Gasteiger partial charge in [-0.3, -0.25) is 0 Å². The van der Waals surface area contributed by atoms with Gasteiger partial charge in [-0.05, 0) is 43.4 Å². The smallest absolute Gasteiger partial charge is 0.235 e. The number of aliphatic hydroxyl groups excluding tert-OH is 1. The van der Waals surface area contributed by atoms with E-state index in [4.69, 9.17) is 4.74 Å². The molecule has 0 aliphatic rings. The molecule has 0 fully saturated rings. The molecule has 0 bridgehead atoms. The van der Waals surface area contributed by atoms with E-state index in [1.165, 1.54) is 0 Å². The highest BCUT2D eigenvalue weighted by molar-refractivity contribution is 14.1. The molecule has 0 aliphatic carbocycles. The molecule has 0 radical (unpaired) electrons. The summed E-state index contributed by atoms with van der Waals surface area (Å²) in [6.07, 6.45) is 0.844. The molecular weight excluding hydrogens is 295 g/mol. The predicted molar refractivity (Wildman–Crippen MR) is 61.3 cm³/mol. The molecule has 0 spiro atoms. The van der Waals surface area contributed by atoms with Crippen LogP contribution in [0.5, 0.6) is 5.88 Å². The summed E-state index contributed by atoms with van der Waals surface area (Å²) >= 11 is 2.09. The van der Waals surface area contributed by atoms with Crippen molar-refractivity contribution >= 4 is 22.6 Å². The first kappa shape index (κ1) is 11.6. The molecule has 78 valence electrons. The molecule has 1 aromatic heterocycles. The van der Waals surface area contributed by atoms with Crippen LogP contribution in [0.4, 0.5) is 0 Å². The summed E-state index contributed by atoms with van der Waals surface area (Å²) in [7, 11) is 0. The zero-order chi connectivity index (χ0) is 10.7. The molecular formula is C9H13IN2O2. The van der Waals surface area contributed by atoms with Crippen LogP contribution < -0.4 is 4.74 Å². The number of halogens is 1. The van der Waals surface area contributed by atoms with E-state index < -0.39 is 6.10 Å². The number of ether oxygens (including phenoxy) is 1.